The molecule has 6 aromatic carbocycles. The maximum atomic E-state index is 7.13. The minimum Gasteiger partial charge on any atom is -0.455 e. The van der Waals surface area contributed by atoms with Crippen molar-refractivity contribution in [3.8, 4) is 33.8 Å². The van der Waals surface area contributed by atoms with Gasteiger partial charge in [0.2, 0.25) is 0 Å². The predicted octanol–water partition coefficient (Wildman–Crippen LogP) is 10.8. The summed E-state index contributed by atoms with van der Waals surface area (Å²) in [5.41, 5.74) is 10.8. The van der Waals surface area contributed by atoms with Crippen LogP contribution in [0.3, 0.4) is 0 Å². The maximum absolute atomic E-state index is 7.13. The zero-order valence-electron chi connectivity index (χ0n) is 25.9. The Morgan fingerprint density at radius 2 is 1.34 bits per heavy atom. The van der Waals surface area contributed by atoms with E-state index < -0.39 is 5.41 Å². The lowest BCUT2D eigenvalue weighted by atomic mass is 9.65. The first-order valence-electron chi connectivity index (χ1n) is 15.9. The Hall–Kier alpha value is -6.06. The Labute approximate surface area is 273 Å². The molecular weight excluding hydrogens is 572 g/mol. The Balaban J connectivity index is 1.47. The summed E-state index contributed by atoms with van der Waals surface area (Å²) in [5, 5.41) is 4.50. The molecule has 0 N–H and O–H groups in total. The van der Waals surface area contributed by atoms with Crippen LogP contribution in [0.15, 0.2) is 157 Å². The molecule has 0 amide bonds. The average Bonchev–Trinajstić information content (AvgIpc) is 3.41. The van der Waals surface area contributed by atoms with Crippen molar-refractivity contribution in [2.24, 2.45) is 4.99 Å². The highest BCUT2D eigenvalue weighted by atomic mass is 16.5. The predicted molar refractivity (Wildman–Crippen MR) is 195 cm³/mol. The number of benzene rings is 6. The number of rotatable bonds is 4. The van der Waals surface area contributed by atoms with Crippen molar-refractivity contribution < 1.29 is 4.74 Å². The highest BCUT2D eigenvalue weighted by Crippen LogP contribution is 2.64. The lowest BCUT2D eigenvalue weighted by molar-refractivity contribution is 0.447. The van der Waals surface area contributed by atoms with Crippen LogP contribution in [-0.2, 0) is 5.41 Å². The van der Waals surface area contributed by atoms with Gasteiger partial charge in [-0.1, -0.05) is 122 Å². The molecule has 3 nitrogen and oxygen atoms in total. The Morgan fingerprint density at radius 1 is 0.681 bits per heavy atom. The number of ether oxygens (including phenoxy) is 1. The SMILES string of the molecule is C=C/C=C(\C=NC)c1ccc2c(c1)C1(c3cc(-c4cccnc4)ccc3-2)c2ccc3ccccc3c2Oc2c1ccc1ccccc21. The fourth-order valence-electron chi connectivity index (χ4n) is 7.82. The van der Waals surface area contributed by atoms with E-state index in [0.29, 0.717) is 0 Å². The van der Waals surface area contributed by atoms with E-state index in [2.05, 4.69) is 132 Å². The highest BCUT2D eigenvalue weighted by molar-refractivity contribution is 6.11. The molecule has 9 rings (SSSR count). The van der Waals surface area contributed by atoms with Gasteiger partial charge in [0.05, 0.1) is 5.41 Å². The maximum Gasteiger partial charge on any atom is 0.140 e. The smallest absolute Gasteiger partial charge is 0.140 e. The van der Waals surface area contributed by atoms with Gasteiger partial charge in [0.1, 0.15) is 11.5 Å². The topological polar surface area (TPSA) is 34.5 Å². The molecule has 47 heavy (non-hydrogen) atoms. The molecule has 1 aliphatic carbocycles. The van der Waals surface area contributed by atoms with E-state index in [1.807, 2.05) is 43.9 Å². The van der Waals surface area contributed by atoms with Crippen LogP contribution >= 0.6 is 0 Å². The van der Waals surface area contributed by atoms with Crippen LogP contribution in [0.4, 0.5) is 0 Å². The molecule has 2 aliphatic rings. The number of nitrogens with zero attached hydrogens (tertiary/aromatic N) is 2. The molecule has 0 radical (unpaired) electrons. The number of hydrogen-bond acceptors (Lipinski definition) is 3. The van der Waals surface area contributed by atoms with Crippen LogP contribution in [0.2, 0.25) is 0 Å². The zero-order valence-corrected chi connectivity index (χ0v) is 25.9. The molecule has 0 fully saturated rings. The molecule has 0 unspecified atom stereocenters. The van der Waals surface area contributed by atoms with E-state index in [4.69, 9.17) is 4.74 Å². The monoisotopic (exact) mass is 602 g/mol. The summed E-state index contributed by atoms with van der Waals surface area (Å²) in [7, 11) is 1.81. The van der Waals surface area contributed by atoms with Crippen molar-refractivity contribution in [2.75, 3.05) is 7.05 Å². The number of allylic oxidation sites excluding steroid dienone is 3. The molecular formula is C44H30N2O. The number of fused-ring (bicyclic) bond motifs is 13. The second-order valence-electron chi connectivity index (χ2n) is 12.2. The minimum atomic E-state index is -0.654. The highest BCUT2D eigenvalue weighted by Gasteiger charge is 2.52. The van der Waals surface area contributed by atoms with Gasteiger partial charge in [-0.3, -0.25) is 9.98 Å². The van der Waals surface area contributed by atoms with Gasteiger partial charge in [-0.15, -0.1) is 0 Å². The Morgan fingerprint density at radius 3 is 1.98 bits per heavy atom. The van der Waals surface area contributed by atoms with Gasteiger partial charge in [-0.25, -0.2) is 0 Å². The third kappa shape index (κ3) is 3.87. The van der Waals surface area contributed by atoms with E-state index in [0.717, 1.165) is 66.4 Å². The Bertz CT molecular complexity index is 2390. The van der Waals surface area contributed by atoms with Crippen molar-refractivity contribution in [3.63, 3.8) is 0 Å². The van der Waals surface area contributed by atoms with Crippen LogP contribution in [0.25, 0.3) is 49.4 Å². The second kappa shape index (κ2) is 10.5. The van der Waals surface area contributed by atoms with Gasteiger partial charge >= 0.3 is 0 Å². The van der Waals surface area contributed by atoms with Gasteiger partial charge < -0.3 is 4.74 Å². The summed E-state index contributed by atoms with van der Waals surface area (Å²) in [6.07, 6.45) is 9.53. The largest absolute Gasteiger partial charge is 0.455 e. The summed E-state index contributed by atoms with van der Waals surface area (Å²) in [4.78, 5) is 8.84. The normalized spacial score (nSPS) is 14.1. The van der Waals surface area contributed by atoms with Crippen LogP contribution in [0.5, 0.6) is 11.5 Å². The molecule has 7 aromatic rings. The van der Waals surface area contributed by atoms with Crippen molar-refractivity contribution in [1.29, 1.82) is 0 Å². The van der Waals surface area contributed by atoms with Gasteiger partial charge in [-0.05, 0) is 73.5 Å². The fourth-order valence-corrected chi connectivity index (χ4v) is 7.82. The number of aliphatic imine (C=N–C) groups is 1. The van der Waals surface area contributed by atoms with E-state index in [1.54, 1.807) is 0 Å². The van der Waals surface area contributed by atoms with Crippen LogP contribution < -0.4 is 4.74 Å². The first kappa shape index (κ1) is 27.3. The Kier molecular flexibility index (Phi) is 6.09. The van der Waals surface area contributed by atoms with Crippen LogP contribution in [-0.4, -0.2) is 18.2 Å². The third-order valence-electron chi connectivity index (χ3n) is 9.80. The van der Waals surface area contributed by atoms with Crippen molar-refractivity contribution in [3.05, 3.63) is 180 Å². The molecule has 3 heteroatoms. The molecule has 1 aliphatic heterocycles. The minimum absolute atomic E-state index is 0.654. The standard InChI is InChI=1S/C44H30N2O/c1-3-9-32(26-45-2)30-15-19-36-37-20-16-31(33-12-8-23-46-27-33)25-41(37)44(40(36)24-30)38-21-17-28-10-4-6-13-34(28)42(38)47-43-35-14-7-5-11-29(35)18-22-39(43)44/h3-27H,1H2,2H3/b32-9+,45-26?. The van der Waals surface area contributed by atoms with Crippen molar-refractivity contribution in [2.45, 2.75) is 5.41 Å². The summed E-state index contributed by atoms with van der Waals surface area (Å²) in [6, 6.07) is 44.0. The van der Waals surface area contributed by atoms with E-state index in [9.17, 15) is 0 Å². The number of aromatic nitrogens is 1. The molecule has 0 atom stereocenters. The van der Waals surface area contributed by atoms with E-state index in [1.165, 1.54) is 22.3 Å². The van der Waals surface area contributed by atoms with E-state index in [-0.39, 0.29) is 0 Å². The second-order valence-corrected chi connectivity index (χ2v) is 12.2. The quantitative estimate of drug-likeness (QED) is 0.148. The van der Waals surface area contributed by atoms with E-state index >= 15 is 0 Å². The first-order valence-corrected chi connectivity index (χ1v) is 15.9. The summed E-state index contributed by atoms with van der Waals surface area (Å²) in [6.45, 7) is 3.99. The molecule has 0 bridgehead atoms. The van der Waals surface area contributed by atoms with Crippen molar-refractivity contribution >= 4 is 33.3 Å². The summed E-state index contributed by atoms with van der Waals surface area (Å²) < 4.78 is 7.13. The van der Waals surface area contributed by atoms with Crippen molar-refractivity contribution in [1.82, 2.24) is 4.98 Å². The molecule has 1 spiro atoms. The molecule has 222 valence electrons. The van der Waals surface area contributed by atoms with Gasteiger partial charge in [0, 0.05) is 47.6 Å². The van der Waals surface area contributed by atoms with Crippen LogP contribution in [0, 0.1) is 0 Å². The molecule has 1 aromatic heterocycles. The lowest BCUT2D eigenvalue weighted by Crippen LogP contribution is -2.32. The van der Waals surface area contributed by atoms with Gasteiger partial charge in [0.15, 0.2) is 0 Å². The molecule has 2 heterocycles. The van der Waals surface area contributed by atoms with Gasteiger partial charge in [-0.2, -0.15) is 0 Å². The van der Waals surface area contributed by atoms with Crippen LogP contribution in [0.1, 0.15) is 27.8 Å². The molecule has 0 saturated heterocycles. The number of pyridine rings is 1. The average molecular weight is 603 g/mol. The summed E-state index contributed by atoms with van der Waals surface area (Å²) in [5.74, 6) is 1.81. The number of hydrogen-bond donors (Lipinski definition) is 0. The fraction of sp³-hybridized carbons (Fsp3) is 0.0455. The lowest BCUT2D eigenvalue weighted by Gasteiger charge is -2.40. The third-order valence-corrected chi connectivity index (χ3v) is 9.80. The zero-order chi connectivity index (χ0) is 31.5. The van der Waals surface area contributed by atoms with Gasteiger partial charge in [0.25, 0.3) is 0 Å². The first-order chi connectivity index (χ1) is 23.2. The molecule has 0 saturated carbocycles. The summed E-state index contributed by atoms with van der Waals surface area (Å²) >= 11 is 0.